The van der Waals surface area contributed by atoms with Crippen LogP contribution in [0, 0.1) is 12.8 Å². The minimum Gasteiger partial charge on any atom is -0.381 e. The van der Waals surface area contributed by atoms with E-state index in [0.29, 0.717) is 18.4 Å². The van der Waals surface area contributed by atoms with Gasteiger partial charge in [0.15, 0.2) is 0 Å². The normalized spacial score (nSPS) is 25.4. The quantitative estimate of drug-likeness (QED) is 0.793. The van der Waals surface area contributed by atoms with Crippen LogP contribution in [0.15, 0.2) is 24.3 Å². The summed E-state index contributed by atoms with van der Waals surface area (Å²) in [6, 6.07) is 8.28. The summed E-state index contributed by atoms with van der Waals surface area (Å²) in [5.74, 6) is 1.99. The summed E-state index contributed by atoms with van der Waals surface area (Å²) in [6.07, 6.45) is 4.23. The number of ether oxygens (including phenoxy) is 2. The molecule has 5 heteroatoms. The zero-order valence-corrected chi connectivity index (χ0v) is 16.4. The number of hydrogen-bond donors (Lipinski definition) is 0. The number of likely N-dealkylation sites (tertiary alicyclic amines) is 1. The summed E-state index contributed by atoms with van der Waals surface area (Å²) in [7, 11) is 0. The maximum absolute atomic E-state index is 12.5. The first kappa shape index (κ1) is 18.3. The second-order valence-corrected chi connectivity index (χ2v) is 9.61. The van der Waals surface area contributed by atoms with Crippen LogP contribution in [0.5, 0.6) is 0 Å². The third-order valence-electron chi connectivity index (χ3n) is 5.87. The van der Waals surface area contributed by atoms with Crippen molar-refractivity contribution in [3.05, 3.63) is 35.4 Å². The largest absolute Gasteiger partial charge is 0.381 e. The molecule has 3 heterocycles. The van der Waals surface area contributed by atoms with Crippen molar-refractivity contribution in [2.75, 3.05) is 38.7 Å². The second-order valence-electron chi connectivity index (χ2n) is 8.12. The molecule has 1 atom stereocenters. The van der Waals surface area contributed by atoms with Gasteiger partial charge in [0.25, 0.3) is 0 Å². The molecule has 0 N–H and O–H groups in total. The molecule has 4 rings (SSSR count). The van der Waals surface area contributed by atoms with Gasteiger partial charge in [-0.3, -0.25) is 4.79 Å². The molecule has 0 aromatic heterocycles. The summed E-state index contributed by atoms with van der Waals surface area (Å²) >= 11 is 2.01. The topological polar surface area (TPSA) is 38.8 Å². The van der Waals surface area contributed by atoms with Crippen LogP contribution in [0.3, 0.4) is 0 Å². The monoisotopic (exact) mass is 375 g/mol. The predicted octanol–water partition coefficient (Wildman–Crippen LogP) is 3.07. The molecule has 4 nitrogen and oxygen atoms in total. The maximum atomic E-state index is 12.5. The van der Waals surface area contributed by atoms with E-state index >= 15 is 0 Å². The lowest BCUT2D eigenvalue weighted by atomic mass is 9.92. The summed E-state index contributed by atoms with van der Waals surface area (Å²) in [5, 5.41) is 0. The summed E-state index contributed by atoms with van der Waals surface area (Å²) in [4.78, 5) is 14.5. The number of carbonyl (C=O) groups excluding carboxylic acids is 1. The summed E-state index contributed by atoms with van der Waals surface area (Å²) in [5.41, 5.74) is 2.34. The molecule has 0 bridgehead atoms. The molecule has 3 aliphatic rings. The molecular weight excluding hydrogens is 346 g/mol. The third-order valence-corrected chi connectivity index (χ3v) is 7.45. The molecule has 0 saturated carbocycles. The van der Waals surface area contributed by atoms with Crippen molar-refractivity contribution in [3.8, 4) is 0 Å². The molecule has 26 heavy (non-hydrogen) atoms. The Hall–Kier alpha value is -1.04. The number of amides is 1. The van der Waals surface area contributed by atoms with Gasteiger partial charge >= 0.3 is 0 Å². The fraction of sp³-hybridized carbons (Fsp3) is 0.667. The highest BCUT2D eigenvalue weighted by molar-refractivity contribution is 8.01. The Kier molecular flexibility index (Phi) is 5.58. The Bertz CT molecular complexity index is 621. The van der Waals surface area contributed by atoms with E-state index in [1.165, 1.54) is 5.56 Å². The first-order valence-electron chi connectivity index (χ1n) is 9.79. The van der Waals surface area contributed by atoms with Gasteiger partial charge in [-0.05, 0) is 37.7 Å². The van der Waals surface area contributed by atoms with Crippen molar-refractivity contribution in [1.82, 2.24) is 4.90 Å². The van der Waals surface area contributed by atoms with E-state index in [-0.39, 0.29) is 10.7 Å². The first-order chi connectivity index (χ1) is 12.6. The predicted molar refractivity (Wildman–Crippen MR) is 105 cm³/mol. The average Bonchev–Trinajstić information content (AvgIpc) is 3.06. The number of rotatable bonds is 5. The average molecular weight is 376 g/mol. The fourth-order valence-corrected chi connectivity index (χ4v) is 5.68. The maximum Gasteiger partial charge on any atom is 0.227 e. The number of thioether (sulfide) groups is 1. The molecule has 1 amide bonds. The van der Waals surface area contributed by atoms with E-state index in [9.17, 15) is 4.79 Å². The Balaban J connectivity index is 1.20. The minimum atomic E-state index is 0.253. The number of carbonyl (C=O) groups is 1. The van der Waals surface area contributed by atoms with E-state index in [2.05, 4.69) is 31.2 Å². The lowest BCUT2D eigenvalue weighted by molar-refractivity contribution is -0.136. The van der Waals surface area contributed by atoms with Crippen LogP contribution in [-0.2, 0) is 20.7 Å². The van der Waals surface area contributed by atoms with Gasteiger partial charge in [-0.15, -0.1) is 11.8 Å². The van der Waals surface area contributed by atoms with Crippen LogP contribution in [0.4, 0.5) is 0 Å². The molecular formula is C21H29NO3S. The Morgan fingerprint density at radius 1 is 1.27 bits per heavy atom. The van der Waals surface area contributed by atoms with E-state index < -0.39 is 0 Å². The zero-order valence-electron chi connectivity index (χ0n) is 15.6. The van der Waals surface area contributed by atoms with Gasteiger partial charge < -0.3 is 14.4 Å². The van der Waals surface area contributed by atoms with E-state index in [0.717, 1.165) is 63.5 Å². The van der Waals surface area contributed by atoms with E-state index in [1.54, 1.807) is 0 Å². The van der Waals surface area contributed by atoms with Gasteiger partial charge in [0.05, 0.1) is 17.3 Å². The summed E-state index contributed by atoms with van der Waals surface area (Å²) < 4.78 is 11.9. The highest BCUT2D eigenvalue weighted by Gasteiger charge is 2.50. The number of hydrogen-bond acceptors (Lipinski definition) is 4. The van der Waals surface area contributed by atoms with Crippen LogP contribution in [0.25, 0.3) is 0 Å². The highest BCUT2D eigenvalue weighted by atomic mass is 32.2. The van der Waals surface area contributed by atoms with Crippen LogP contribution in [-0.4, -0.2) is 60.3 Å². The fourth-order valence-electron chi connectivity index (χ4n) is 4.13. The van der Waals surface area contributed by atoms with Crippen molar-refractivity contribution >= 4 is 17.7 Å². The molecule has 1 spiro atoms. The van der Waals surface area contributed by atoms with Crippen LogP contribution >= 0.6 is 11.8 Å². The Morgan fingerprint density at radius 3 is 2.73 bits per heavy atom. The van der Waals surface area contributed by atoms with Crippen LogP contribution in [0.2, 0.25) is 0 Å². The molecule has 3 fully saturated rings. The Morgan fingerprint density at radius 2 is 2.00 bits per heavy atom. The van der Waals surface area contributed by atoms with Gasteiger partial charge in [0.1, 0.15) is 0 Å². The molecule has 142 valence electrons. The zero-order chi connectivity index (χ0) is 18.0. The standard InChI is InChI=1S/C21H29NO3S/c1-16-2-4-17(5-3-16)10-20(23)22-14-21(15-22)11-19(13-26-21)25-12-18-6-8-24-9-7-18/h2-5,18-19H,6-15H2,1H3/t19-/m1/s1. The van der Waals surface area contributed by atoms with Gasteiger partial charge in [-0.25, -0.2) is 0 Å². The molecule has 1 aromatic rings. The number of benzene rings is 1. The van der Waals surface area contributed by atoms with Gasteiger partial charge in [-0.2, -0.15) is 0 Å². The van der Waals surface area contributed by atoms with Crippen molar-refractivity contribution in [1.29, 1.82) is 0 Å². The van der Waals surface area contributed by atoms with E-state index in [1.807, 2.05) is 16.7 Å². The smallest absolute Gasteiger partial charge is 0.227 e. The first-order valence-corrected chi connectivity index (χ1v) is 10.8. The van der Waals surface area contributed by atoms with Gasteiger partial charge in [0, 0.05) is 38.7 Å². The van der Waals surface area contributed by atoms with Crippen molar-refractivity contribution < 1.29 is 14.3 Å². The summed E-state index contributed by atoms with van der Waals surface area (Å²) in [6.45, 7) is 6.49. The molecule has 0 radical (unpaired) electrons. The molecule has 3 saturated heterocycles. The van der Waals surface area contributed by atoms with Crippen molar-refractivity contribution in [2.45, 2.75) is 43.5 Å². The third kappa shape index (κ3) is 4.26. The Labute approximate surface area is 160 Å². The second kappa shape index (κ2) is 7.91. The van der Waals surface area contributed by atoms with Gasteiger partial charge in [0.2, 0.25) is 5.91 Å². The van der Waals surface area contributed by atoms with Crippen LogP contribution < -0.4 is 0 Å². The highest BCUT2D eigenvalue weighted by Crippen LogP contribution is 2.46. The number of nitrogens with zero attached hydrogens (tertiary/aromatic N) is 1. The van der Waals surface area contributed by atoms with E-state index in [4.69, 9.17) is 9.47 Å². The number of aryl methyl sites for hydroxylation is 1. The van der Waals surface area contributed by atoms with Crippen molar-refractivity contribution in [2.24, 2.45) is 5.92 Å². The minimum absolute atomic E-state index is 0.253. The van der Waals surface area contributed by atoms with Crippen molar-refractivity contribution in [3.63, 3.8) is 0 Å². The molecule has 3 aliphatic heterocycles. The van der Waals surface area contributed by atoms with Gasteiger partial charge in [-0.1, -0.05) is 29.8 Å². The lowest BCUT2D eigenvalue weighted by Crippen LogP contribution is -2.61. The molecule has 0 unspecified atom stereocenters. The molecule has 1 aromatic carbocycles. The van der Waals surface area contributed by atoms with Crippen LogP contribution in [0.1, 0.15) is 30.4 Å². The molecule has 0 aliphatic carbocycles. The lowest BCUT2D eigenvalue weighted by Gasteiger charge is -2.47. The SMILES string of the molecule is Cc1ccc(CC(=O)N2CC3(C[C@@H](OCC4CCOCC4)CS3)C2)cc1.